The minimum absolute atomic E-state index is 0. The van der Waals surface area contributed by atoms with Gasteiger partial charge in [0.15, 0.2) is 0 Å². The number of nitrogens with one attached hydrogen (secondary N) is 2. The zero-order valence-electron chi connectivity index (χ0n) is 13.9. The maximum atomic E-state index is 11.2. The molecule has 4 rings (SSSR count). The van der Waals surface area contributed by atoms with Crippen molar-refractivity contribution in [2.24, 2.45) is 0 Å². The number of ether oxygens (including phenoxy) is 1. The van der Waals surface area contributed by atoms with E-state index in [1.165, 1.54) is 48.0 Å². The molecule has 6 heteroatoms. The summed E-state index contributed by atoms with van der Waals surface area (Å²) in [4.78, 5) is 17.0. The van der Waals surface area contributed by atoms with Crippen molar-refractivity contribution in [1.82, 2.24) is 15.2 Å². The Hall–Kier alpha value is -1.53. The molecule has 24 heavy (non-hydrogen) atoms. The number of amides is 1. The van der Waals surface area contributed by atoms with Crippen molar-refractivity contribution in [1.29, 1.82) is 0 Å². The zero-order valence-corrected chi connectivity index (χ0v) is 15.6. The van der Waals surface area contributed by atoms with Crippen LogP contribution in [0.3, 0.4) is 0 Å². The molecular weight excluding hydrogens is 370 g/mol. The number of aromatic amines is 1. The lowest BCUT2D eigenvalue weighted by atomic mass is 9.89. The average Bonchev–Trinajstić information content (AvgIpc) is 3.14. The molecule has 1 aromatic carbocycles. The molecular formula is C18H24BrN3O2. The van der Waals surface area contributed by atoms with Gasteiger partial charge in [-0.2, -0.15) is 0 Å². The molecule has 2 N–H and O–H groups in total. The first kappa shape index (κ1) is 17.3. The third kappa shape index (κ3) is 3.44. The number of halogens is 1. The van der Waals surface area contributed by atoms with Crippen LogP contribution >= 0.6 is 17.0 Å². The van der Waals surface area contributed by atoms with E-state index in [0.29, 0.717) is 12.5 Å². The average molecular weight is 394 g/mol. The maximum Gasteiger partial charge on any atom is 0.407 e. The van der Waals surface area contributed by atoms with Gasteiger partial charge in [0.1, 0.15) is 6.61 Å². The Balaban J connectivity index is 0.00000169. The molecule has 0 spiro atoms. The van der Waals surface area contributed by atoms with Gasteiger partial charge in [-0.05, 0) is 68.6 Å². The molecule has 1 atom stereocenters. The number of rotatable bonds is 3. The molecule has 2 saturated heterocycles. The Bertz CT molecular complexity index is 722. The number of nitrogens with zero attached hydrogens (tertiary/aromatic N) is 1. The number of hydrogen-bond donors (Lipinski definition) is 2. The first-order valence-electron chi connectivity index (χ1n) is 8.41. The lowest BCUT2D eigenvalue weighted by Gasteiger charge is -2.28. The van der Waals surface area contributed by atoms with E-state index in [0.717, 1.165) is 6.42 Å². The highest BCUT2D eigenvalue weighted by Crippen LogP contribution is 2.33. The van der Waals surface area contributed by atoms with Crippen molar-refractivity contribution in [3.05, 3.63) is 35.5 Å². The summed E-state index contributed by atoms with van der Waals surface area (Å²) >= 11 is 0. The fourth-order valence-electron chi connectivity index (χ4n) is 3.79. The van der Waals surface area contributed by atoms with Crippen molar-refractivity contribution >= 4 is 34.0 Å². The second kappa shape index (κ2) is 7.15. The highest BCUT2D eigenvalue weighted by Gasteiger charge is 2.24. The largest absolute Gasteiger partial charge is 0.447 e. The summed E-state index contributed by atoms with van der Waals surface area (Å²) in [6.07, 6.45) is 5.15. The summed E-state index contributed by atoms with van der Waals surface area (Å²) in [7, 11) is 2.20. The third-order valence-corrected chi connectivity index (χ3v) is 5.16. The van der Waals surface area contributed by atoms with Crippen LogP contribution in [0.2, 0.25) is 0 Å². The number of hydrogen-bond acceptors (Lipinski definition) is 3. The van der Waals surface area contributed by atoms with Crippen molar-refractivity contribution in [2.45, 2.75) is 31.2 Å². The van der Waals surface area contributed by atoms with Gasteiger partial charge in [-0.3, -0.25) is 0 Å². The minimum Gasteiger partial charge on any atom is -0.447 e. The summed E-state index contributed by atoms with van der Waals surface area (Å²) in [5.41, 5.74) is 3.90. The highest BCUT2D eigenvalue weighted by molar-refractivity contribution is 8.93. The van der Waals surface area contributed by atoms with Crippen LogP contribution in [0.1, 0.15) is 29.9 Å². The molecule has 0 bridgehead atoms. The number of likely N-dealkylation sites (tertiary alicyclic amines) is 1. The summed E-state index contributed by atoms with van der Waals surface area (Å²) < 4.78 is 4.98. The van der Waals surface area contributed by atoms with Crippen molar-refractivity contribution in [2.75, 3.05) is 26.7 Å². The lowest BCUT2D eigenvalue weighted by Crippen LogP contribution is -2.29. The Morgan fingerprint density at radius 3 is 2.79 bits per heavy atom. The second-order valence-electron chi connectivity index (χ2n) is 6.85. The first-order valence-corrected chi connectivity index (χ1v) is 8.41. The van der Waals surface area contributed by atoms with Crippen LogP contribution in [0.15, 0.2) is 24.4 Å². The smallest absolute Gasteiger partial charge is 0.407 e. The van der Waals surface area contributed by atoms with Gasteiger partial charge in [0, 0.05) is 17.1 Å². The van der Waals surface area contributed by atoms with E-state index in [9.17, 15) is 4.79 Å². The SMILES string of the molecule is Br.CN1CCC(c2c[nH]c3ccc(C[C@H]4COC(=O)N4)cc23)CC1. The lowest BCUT2D eigenvalue weighted by molar-refractivity contribution is 0.177. The molecule has 0 unspecified atom stereocenters. The maximum absolute atomic E-state index is 11.2. The van der Waals surface area contributed by atoms with E-state index in [1.807, 2.05) is 0 Å². The van der Waals surface area contributed by atoms with E-state index in [2.05, 4.69) is 46.6 Å². The van der Waals surface area contributed by atoms with Crippen LogP contribution in [-0.2, 0) is 11.2 Å². The van der Waals surface area contributed by atoms with Gasteiger partial charge in [-0.1, -0.05) is 6.07 Å². The number of carbonyl (C=O) groups excluding carboxylic acids is 1. The number of carbonyl (C=O) groups is 1. The Labute approximate surface area is 152 Å². The third-order valence-electron chi connectivity index (χ3n) is 5.16. The van der Waals surface area contributed by atoms with E-state index < -0.39 is 0 Å². The predicted molar refractivity (Wildman–Crippen MR) is 100 cm³/mol. The quantitative estimate of drug-likeness (QED) is 0.841. The van der Waals surface area contributed by atoms with Gasteiger partial charge >= 0.3 is 6.09 Å². The second-order valence-corrected chi connectivity index (χ2v) is 6.85. The van der Waals surface area contributed by atoms with E-state index in [-0.39, 0.29) is 29.1 Å². The van der Waals surface area contributed by atoms with Crippen molar-refractivity contribution in [3.63, 3.8) is 0 Å². The number of cyclic esters (lactones) is 1. The Morgan fingerprint density at radius 2 is 2.08 bits per heavy atom. The van der Waals surface area contributed by atoms with Crippen LogP contribution in [0.4, 0.5) is 4.79 Å². The number of alkyl carbamates (subject to hydrolysis) is 1. The highest BCUT2D eigenvalue weighted by atomic mass is 79.9. The number of benzene rings is 1. The number of fused-ring (bicyclic) bond motifs is 1. The minimum atomic E-state index is -0.301. The number of aromatic nitrogens is 1. The van der Waals surface area contributed by atoms with Crippen molar-refractivity contribution in [3.8, 4) is 0 Å². The molecule has 0 saturated carbocycles. The zero-order chi connectivity index (χ0) is 15.8. The number of piperidine rings is 1. The molecule has 3 heterocycles. The molecule has 2 aromatic rings. The van der Waals surface area contributed by atoms with Crippen LogP contribution in [0.25, 0.3) is 10.9 Å². The molecule has 0 aliphatic carbocycles. The molecule has 0 radical (unpaired) electrons. The van der Waals surface area contributed by atoms with Gasteiger partial charge in [-0.25, -0.2) is 4.79 Å². The van der Waals surface area contributed by atoms with Gasteiger partial charge in [-0.15, -0.1) is 17.0 Å². The molecule has 1 aromatic heterocycles. The summed E-state index contributed by atoms with van der Waals surface area (Å²) in [6.45, 7) is 2.80. The van der Waals surface area contributed by atoms with Gasteiger partial charge in [0.25, 0.3) is 0 Å². The molecule has 130 valence electrons. The molecule has 2 fully saturated rings. The standard InChI is InChI=1S/C18H23N3O2.BrH/c1-21-6-4-13(5-7-21)16-10-19-17-3-2-12(9-15(16)17)8-14-11-23-18(22)20-14;/h2-3,9-10,13-14,19H,4-8,11H2,1H3,(H,20,22);1H/t14-;/m0./s1. The van der Waals surface area contributed by atoms with Gasteiger partial charge in [0.2, 0.25) is 0 Å². The van der Waals surface area contributed by atoms with Crippen LogP contribution in [0, 0.1) is 0 Å². The Morgan fingerprint density at radius 1 is 1.29 bits per heavy atom. The van der Waals surface area contributed by atoms with Crippen LogP contribution in [-0.4, -0.2) is 48.8 Å². The van der Waals surface area contributed by atoms with Gasteiger partial charge in [0.05, 0.1) is 6.04 Å². The summed E-state index contributed by atoms with van der Waals surface area (Å²) in [6, 6.07) is 6.66. The molecule has 5 nitrogen and oxygen atoms in total. The number of H-pyrrole nitrogens is 1. The normalized spacial score (nSPS) is 22.2. The Kier molecular flexibility index (Phi) is 5.15. The molecule has 2 aliphatic heterocycles. The van der Waals surface area contributed by atoms with E-state index in [1.54, 1.807) is 0 Å². The molecule has 2 aliphatic rings. The summed E-state index contributed by atoms with van der Waals surface area (Å²) in [5.74, 6) is 0.643. The van der Waals surface area contributed by atoms with Gasteiger partial charge < -0.3 is 19.9 Å². The van der Waals surface area contributed by atoms with Crippen LogP contribution in [0.5, 0.6) is 0 Å². The fourth-order valence-corrected chi connectivity index (χ4v) is 3.79. The fraction of sp³-hybridized carbons (Fsp3) is 0.500. The van der Waals surface area contributed by atoms with E-state index >= 15 is 0 Å². The predicted octanol–water partition coefficient (Wildman–Crippen LogP) is 3.21. The van der Waals surface area contributed by atoms with Crippen LogP contribution < -0.4 is 5.32 Å². The topological polar surface area (TPSA) is 57.4 Å². The van der Waals surface area contributed by atoms with E-state index in [4.69, 9.17) is 4.74 Å². The first-order chi connectivity index (χ1) is 11.2. The summed E-state index contributed by atoms with van der Waals surface area (Å²) in [5, 5.41) is 4.19. The molecule has 1 amide bonds. The van der Waals surface area contributed by atoms with Crippen molar-refractivity contribution < 1.29 is 9.53 Å². The monoisotopic (exact) mass is 393 g/mol.